The first-order chi connectivity index (χ1) is 13.8. The number of amides is 3. The number of carbonyl (C=O) groups excluding carboxylic acids is 2. The average Bonchev–Trinajstić information content (AvgIpc) is 3.17. The van der Waals surface area contributed by atoms with Gasteiger partial charge < -0.3 is 10.1 Å². The molecule has 3 amide bonds. The van der Waals surface area contributed by atoms with Crippen LogP contribution in [0.25, 0.3) is 10.9 Å². The van der Waals surface area contributed by atoms with Crippen molar-refractivity contribution in [3.63, 3.8) is 0 Å². The van der Waals surface area contributed by atoms with Crippen molar-refractivity contribution in [3.8, 4) is 0 Å². The van der Waals surface area contributed by atoms with Crippen molar-refractivity contribution in [1.82, 2.24) is 20.2 Å². The Morgan fingerprint density at radius 1 is 1.31 bits per heavy atom. The molecule has 9 heteroatoms. The monoisotopic (exact) mass is 418 g/mol. The third-order valence-electron chi connectivity index (χ3n) is 4.54. The molecule has 0 unspecified atom stereocenters. The van der Waals surface area contributed by atoms with Gasteiger partial charge in [0.25, 0.3) is 5.56 Å². The molecule has 2 aromatic rings. The highest BCUT2D eigenvalue weighted by atomic mass is 32.2. The largest absolute Gasteiger partial charge is 0.376 e. The molecule has 156 valence electrons. The molecule has 0 spiro atoms. The van der Waals surface area contributed by atoms with Crippen LogP contribution in [0.5, 0.6) is 0 Å². The fourth-order valence-corrected chi connectivity index (χ4v) is 4.03. The molecule has 0 saturated carbocycles. The van der Waals surface area contributed by atoms with E-state index in [-0.39, 0.29) is 17.7 Å². The van der Waals surface area contributed by atoms with E-state index in [0.29, 0.717) is 29.2 Å². The van der Waals surface area contributed by atoms with Gasteiger partial charge in [-0.15, -0.1) is 0 Å². The maximum Gasteiger partial charge on any atom is 0.321 e. The number of carbonyl (C=O) groups is 2. The molecule has 1 aromatic carbocycles. The maximum atomic E-state index is 13.1. The third kappa shape index (κ3) is 5.36. The molecule has 1 fully saturated rings. The van der Waals surface area contributed by atoms with Gasteiger partial charge in [0.15, 0.2) is 5.16 Å². The van der Waals surface area contributed by atoms with Crippen LogP contribution in [0.15, 0.2) is 34.2 Å². The summed E-state index contributed by atoms with van der Waals surface area (Å²) in [4.78, 5) is 41.9. The van der Waals surface area contributed by atoms with Crippen LogP contribution >= 0.6 is 11.8 Å². The third-order valence-corrected chi connectivity index (χ3v) is 5.63. The van der Waals surface area contributed by atoms with E-state index in [0.717, 1.165) is 24.6 Å². The number of hydrogen-bond donors (Lipinski definition) is 2. The molecule has 1 saturated heterocycles. The van der Waals surface area contributed by atoms with Gasteiger partial charge in [0.05, 0.1) is 28.8 Å². The summed E-state index contributed by atoms with van der Waals surface area (Å²) in [5, 5.41) is 5.30. The lowest BCUT2D eigenvalue weighted by Crippen LogP contribution is -2.45. The van der Waals surface area contributed by atoms with E-state index in [9.17, 15) is 14.4 Å². The van der Waals surface area contributed by atoms with Gasteiger partial charge in [0.1, 0.15) is 0 Å². The number of urea groups is 1. The quantitative estimate of drug-likeness (QED) is 0.551. The van der Waals surface area contributed by atoms with Crippen molar-refractivity contribution in [2.75, 3.05) is 6.61 Å². The highest BCUT2D eigenvalue weighted by Gasteiger charge is 2.24. The first-order valence-electron chi connectivity index (χ1n) is 9.74. The van der Waals surface area contributed by atoms with Gasteiger partial charge >= 0.3 is 6.03 Å². The van der Waals surface area contributed by atoms with Crippen molar-refractivity contribution >= 4 is 34.6 Å². The van der Waals surface area contributed by atoms with Crippen LogP contribution in [0, 0.1) is 0 Å². The lowest BCUT2D eigenvalue weighted by Gasteiger charge is -2.18. The lowest BCUT2D eigenvalue weighted by molar-refractivity contribution is -0.119. The molecule has 2 atom stereocenters. The Bertz CT molecular complexity index is 953. The fraction of sp³-hybridized carbons (Fsp3) is 0.500. The van der Waals surface area contributed by atoms with Gasteiger partial charge in [-0.2, -0.15) is 0 Å². The van der Waals surface area contributed by atoms with Crippen LogP contribution in [0.2, 0.25) is 0 Å². The van der Waals surface area contributed by atoms with E-state index in [2.05, 4.69) is 15.6 Å². The zero-order valence-corrected chi connectivity index (χ0v) is 17.6. The molecule has 0 bridgehead atoms. The second-order valence-electron chi connectivity index (χ2n) is 7.34. The van der Waals surface area contributed by atoms with Crippen LogP contribution in [-0.4, -0.2) is 45.5 Å². The Balaban J connectivity index is 1.85. The molecule has 2 N–H and O–H groups in total. The Hall–Kier alpha value is -2.39. The zero-order chi connectivity index (χ0) is 21.0. The van der Waals surface area contributed by atoms with Gasteiger partial charge in [-0.3, -0.25) is 19.5 Å². The van der Waals surface area contributed by atoms with Crippen molar-refractivity contribution in [2.24, 2.45) is 0 Å². The molecule has 1 aliphatic heterocycles. The van der Waals surface area contributed by atoms with Gasteiger partial charge in [-0.1, -0.05) is 23.9 Å². The van der Waals surface area contributed by atoms with Gasteiger partial charge in [0.2, 0.25) is 5.91 Å². The fourth-order valence-electron chi connectivity index (χ4n) is 3.11. The second kappa shape index (κ2) is 9.41. The van der Waals surface area contributed by atoms with Crippen LogP contribution < -0.4 is 16.2 Å². The van der Waals surface area contributed by atoms with Crippen LogP contribution in [0.4, 0.5) is 4.79 Å². The zero-order valence-electron chi connectivity index (χ0n) is 16.8. The Morgan fingerprint density at radius 3 is 2.76 bits per heavy atom. The summed E-state index contributed by atoms with van der Waals surface area (Å²) in [5.41, 5.74) is 0.424. The highest BCUT2D eigenvalue weighted by Crippen LogP contribution is 2.24. The molecular formula is C20H26N4O4S. The lowest BCUT2D eigenvalue weighted by atomic mass is 10.2. The van der Waals surface area contributed by atoms with E-state index >= 15 is 0 Å². The summed E-state index contributed by atoms with van der Waals surface area (Å²) in [6.45, 7) is 6.38. The number of thioether (sulfide) groups is 1. The number of nitrogens with one attached hydrogen (secondary N) is 2. The molecule has 0 aliphatic carbocycles. The molecule has 0 radical (unpaired) electrons. The molecule has 1 aromatic heterocycles. The SMILES string of the molecule is CC(C)NC(=O)NC(=O)[C@@H](C)Sc1nc2ccccc2c(=O)n1C[C@@H]1CCCO1. The minimum absolute atomic E-state index is 0.0454. The standard InChI is InChI=1S/C20H26N4O4S/c1-12(2)21-19(27)23-17(25)13(3)29-20-22-16-9-5-4-8-15(16)18(26)24(20)11-14-7-6-10-28-14/h4-5,8-9,12-14H,6-7,10-11H2,1-3H3,(H2,21,23,25,27)/t13-,14+/m1/s1. The summed E-state index contributed by atoms with van der Waals surface area (Å²) >= 11 is 1.16. The van der Waals surface area contributed by atoms with Crippen LogP contribution in [0.3, 0.4) is 0 Å². The molecule has 8 nitrogen and oxygen atoms in total. The van der Waals surface area contributed by atoms with Crippen molar-refractivity contribution in [3.05, 3.63) is 34.6 Å². The highest BCUT2D eigenvalue weighted by molar-refractivity contribution is 8.00. The van der Waals surface area contributed by atoms with E-state index in [1.807, 2.05) is 19.9 Å². The summed E-state index contributed by atoms with van der Waals surface area (Å²) in [6, 6.07) is 6.53. The van der Waals surface area contributed by atoms with E-state index in [4.69, 9.17) is 4.74 Å². The van der Waals surface area contributed by atoms with E-state index in [1.54, 1.807) is 29.7 Å². The number of rotatable bonds is 6. The van der Waals surface area contributed by atoms with E-state index in [1.165, 1.54) is 0 Å². The van der Waals surface area contributed by atoms with Crippen molar-refractivity contribution < 1.29 is 14.3 Å². The first-order valence-corrected chi connectivity index (χ1v) is 10.6. The molecular weight excluding hydrogens is 392 g/mol. The first kappa shape index (κ1) is 21.3. The Labute approximate surface area is 173 Å². The number of para-hydroxylation sites is 1. The van der Waals surface area contributed by atoms with Crippen molar-refractivity contribution in [2.45, 2.75) is 62.7 Å². The summed E-state index contributed by atoms with van der Waals surface area (Å²) in [6.07, 6.45) is 1.80. The number of benzene rings is 1. The Kier molecular flexibility index (Phi) is 6.92. The summed E-state index contributed by atoms with van der Waals surface area (Å²) < 4.78 is 7.28. The average molecular weight is 419 g/mol. The second-order valence-corrected chi connectivity index (χ2v) is 8.65. The summed E-state index contributed by atoms with van der Waals surface area (Å²) in [5.74, 6) is -0.445. The summed E-state index contributed by atoms with van der Waals surface area (Å²) in [7, 11) is 0. The molecule has 2 heterocycles. The van der Waals surface area contributed by atoms with Crippen LogP contribution in [-0.2, 0) is 16.1 Å². The van der Waals surface area contributed by atoms with Gasteiger partial charge in [-0.05, 0) is 45.7 Å². The number of hydrogen-bond acceptors (Lipinski definition) is 6. The normalized spacial score (nSPS) is 17.4. The number of ether oxygens (including phenoxy) is 1. The molecule has 3 rings (SSSR count). The van der Waals surface area contributed by atoms with Crippen molar-refractivity contribution in [1.29, 1.82) is 0 Å². The topological polar surface area (TPSA) is 102 Å². The molecule has 1 aliphatic rings. The number of aromatic nitrogens is 2. The van der Waals surface area contributed by atoms with Crippen LogP contribution in [0.1, 0.15) is 33.6 Å². The number of nitrogens with zero attached hydrogens (tertiary/aromatic N) is 2. The molecule has 29 heavy (non-hydrogen) atoms. The predicted octanol–water partition coefficient (Wildman–Crippen LogP) is 2.29. The van der Waals surface area contributed by atoms with Gasteiger partial charge in [0, 0.05) is 12.6 Å². The minimum atomic E-state index is -0.614. The Morgan fingerprint density at radius 2 is 2.07 bits per heavy atom. The van der Waals surface area contributed by atoms with E-state index < -0.39 is 17.2 Å². The number of fused-ring (bicyclic) bond motifs is 1. The predicted molar refractivity (Wildman–Crippen MR) is 112 cm³/mol. The number of imide groups is 1. The maximum absolute atomic E-state index is 13.1. The minimum Gasteiger partial charge on any atom is -0.376 e. The smallest absolute Gasteiger partial charge is 0.321 e. The van der Waals surface area contributed by atoms with Gasteiger partial charge in [-0.25, -0.2) is 9.78 Å².